The van der Waals surface area contributed by atoms with Crippen LogP contribution in [0.4, 0.5) is 13.2 Å². The van der Waals surface area contributed by atoms with Gasteiger partial charge in [0.15, 0.2) is 0 Å². The number of hydrogen-bond acceptors (Lipinski definition) is 4. The van der Waals surface area contributed by atoms with Crippen molar-refractivity contribution < 1.29 is 27.8 Å². The molecule has 0 aromatic carbocycles. The van der Waals surface area contributed by atoms with Crippen molar-refractivity contribution in [3.63, 3.8) is 0 Å². The summed E-state index contributed by atoms with van der Waals surface area (Å²) in [7, 11) is 1.50. The summed E-state index contributed by atoms with van der Waals surface area (Å²) >= 11 is 0. The highest BCUT2D eigenvalue weighted by Crippen LogP contribution is 2.15. The van der Waals surface area contributed by atoms with Gasteiger partial charge in [-0.15, -0.1) is 13.2 Å². The van der Waals surface area contributed by atoms with Crippen molar-refractivity contribution in [1.29, 1.82) is 0 Å². The molecule has 0 bridgehead atoms. The molecule has 0 aliphatic rings. The second-order valence-electron chi connectivity index (χ2n) is 2.85. The van der Waals surface area contributed by atoms with Gasteiger partial charge in [-0.25, -0.2) is 0 Å². The van der Waals surface area contributed by atoms with Crippen LogP contribution in [0.2, 0.25) is 0 Å². The van der Waals surface area contributed by atoms with Gasteiger partial charge in [0.2, 0.25) is 0 Å². The third-order valence-corrected chi connectivity index (χ3v) is 1.70. The summed E-state index contributed by atoms with van der Waals surface area (Å²) in [6, 6.07) is 0. The molecule has 4 nitrogen and oxygen atoms in total. The van der Waals surface area contributed by atoms with E-state index in [4.69, 9.17) is 9.84 Å². The molecule has 92 valence electrons. The fourth-order valence-electron chi connectivity index (χ4n) is 0.988. The Morgan fingerprint density at radius 1 is 1.13 bits per heavy atom. The molecule has 0 amide bonds. The Morgan fingerprint density at radius 3 is 2.20 bits per heavy atom. The fourth-order valence-corrected chi connectivity index (χ4v) is 0.988. The average Bonchev–Trinajstić information content (AvgIpc) is 2.12. The lowest BCUT2D eigenvalue weighted by atomic mass is 10.4. The van der Waals surface area contributed by atoms with E-state index < -0.39 is 13.0 Å². The van der Waals surface area contributed by atoms with E-state index in [0.29, 0.717) is 19.7 Å². The zero-order valence-electron chi connectivity index (χ0n) is 8.59. The standard InChI is InChI=1S/C8H16F3NO3/c1-14-6-3-12(2-5-13)4-7-15-8(9,10)11/h13H,2-7H2,1H3. The van der Waals surface area contributed by atoms with E-state index in [1.807, 2.05) is 0 Å². The quantitative estimate of drug-likeness (QED) is 0.659. The van der Waals surface area contributed by atoms with Crippen LogP contribution in [-0.4, -0.2) is 62.9 Å². The maximum Gasteiger partial charge on any atom is 0.522 e. The molecule has 0 aliphatic carbocycles. The Labute approximate surface area is 86.6 Å². The Bertz CT molecular complexity index is 155. The first-order valence-electron chi connectivity index (χ1n) is 4.52. The molecule has 0 rings (SSSR count). The maximum absolute atomic E-state index is 11.6. The zero-order chi connectivity index (χ0) is 11.7. The number of nitrogens with zero attached hydrogens (tertiary/aromatic N) is 1. The SMILES string of the molecule is COCCN(CCO)CCOC(F)(F)F. The Kier molecular flexibility index (Phi) is 7.67. The van der Waals surface area contributed by atoms with E-state index in [1.54, 1.807) is 4.90 Å². The normalized spacial score (nSPS) is 12.4. The third-order valence-electron chi connectivity index (χ3n) is 1.70. The zero-order valence-corrected chi connectivity index (χ0v) is 8.59. The van der Waals surface area contributed by atoms with Gasteiger partial charge in [0.1, 0.15) is 0 Å². The molecule has 0 heterocycles. The molecule has 0 spiro atoms. The highest BCUT2D eigenvalue weighted by atomic mass is 19.4. The molecule has 0 fully saturated rings. The van der Waals surface area contributed by atoms with E-state index in [1.165, 1.54) is 7.11 Å². The first-order valence-corrected chi connectivity index (χ1v) is 4.52. The number of aliphatic hydroxyl groups is 1. The molecule has 0 saturated carbocycles. The summed E-state index contributed by atoms with van der Waals surface area (Å²) in [4.78, 5) is 1.63. The van der Waals surface area contributed by atoms with Crippen molar-refractivity contribution in [2.75, 3.05) is 46.6 Å². The Morgan fingerprint density at radius 2 is 1.73 bits per heavy atom. The highest BCUT2D eigenvalue weighted by molar-refractivity contribution is 4.56. The lowest BCUT2D eigenvalue weighted by molar-refractivity contribution is -0.325. The number of ether oxygens (including phenoxy) is 2. The first-order chi connectivity index (χ1) is 6.99. The molecular weight excluding hydrogens is 215 g/mol. The fraction of sp³-hybridized carbons (Fsp3) is 1.00. The third kappa shape index (κ3) is 9.92. The minimum absolute atomic E-state index is 0.101. The summed E-state index contributed by atoms with van der Waals surface area (Å²) in [6.07, 6.45) is -4.59. The van der Waals surface area contributed by atoms with Gasteiger partial charge in [-0.1, -0.05) is 0 Å². The van der Waals surface area contributed by atoms with Gasteiger partial charge < -0.3 is 9.84 Å². The lowest BCUT2D eigenvalue weighted by Gasteiger charge is -2.20. The lowest BCUT2D eigenvalue weighted by Crippen LogP contribution is -2.34. The van der Waals surface area contributed by atoms with E-state index in [2.05, 4.69) is 4.74 Å². The molecule has 7 heteroatoms. The van der Waals surface area contributed by atoms with Crippen LogP contribution in [0, 0.1) is 0 Å². The van der Waals surface area contributed by atoms with Gasteiger partial charge in [0.05, 0.1) is 19.8 Å². The maximum atomic E-state index is 11.6. The second kappa shape index (κ2) is 7.86. The van der Waals surface area contributed by atoms with E-state index in [-0.39, 0.29) is 13.2 Å². The van der Waals surface area contributed by atoms with Crippen LogP contribution in [0.5, 0.6) is 0 Å². The van der Waals surface area contributed by atoms with Crippen LogP contribution in [0.15, 0.2) is 0 Å². The van der Waals surface area contributed by atoms with Crippen molar-refractivity contribution in [1.82, 2.24) is 4.90 Å². The second-order valence-corrected chi connectivity index (χ2v) is 2.85. The summed E-state index contributed by atoms with van der Waals surface area (Å²) < 4.78 is 43.3. The number of halogens is 3. The topological polar surface area (TPSA) is 41.9 Å². The van der Waals surface area contributed by atoms with Crippen molar-refractivity contribution in [3.8, 4) is 0 Å². The van der Waals surface area contributed by atoms with Gasteiger partial charge in [0, 0.05) is 26.7 Å². The van der Waals surface area contributed by atoms with Crippen LogP contribution in [-0.2, 0) is 9.47 Å². The summed E-state index contributed by atoms with van der Waals surface area (Å²) in [5.41, 5.74) is 0. The van der Waals surface area contributed by atoms with Gasteiger partial charge in [0.25, 0.3) is 0 Å². The molecule has 0 saturated heterocycles. The minimum Gasteiger partial charge on any atom is -0.395 e. The van der Waals surface area contributed by atoms with Crippen LogP contribution in [0.1, 0.15) is 0 Å². The van der Waals surface area contributed by atoms with Crippen LogP contribution >= 0.6 is 0 Å². The van der Waals surface area contributed by atoms with Crippen molar-refractivity contribution in [2.24, 2.45) is 0 Å². The van der Waals surface area contributed by atoms with Crippen LogP contribution in [0.3, 0.4) is 0 Å². The first kappa shape index (κ1) is 14.6. The van der Waals surface area contributed by atoms with Crippen molar-refractivity contribution in [3.05, 3.63) is 0 Å². The Hall–Kier alpha value is -0.370. The molecule has 0 radical (unpaired) electrons. The number of aliphatic hydroxyl groups excluding tert-OH is 1. The molecule has 0 unspecified atom stereocenters. The van der Waals surface area contributed by atoms with Crippen LogP contribution in [0.25, 0.3) is 0 Å². The van der Waals surface area contributed by atoms with Gasteiger partial charge in [-0.05, 0) is 0 Å². The predicted octanol–water partition coefficient (Wildman–Crippen LogP) is 0.464. The largest absolute Gasteiger partial charge is 0.522 e. The summed E-state index contributed by atoms with van der Waals surface area (Å²) in [5, 5.41) is 8.65. The summed E-state index contributed by atoms with van der Waals surface area (Å²) in [5.74, 6) is 0. The molecule has 1 N–H and O–H groups in total. The number of rotatable bonds is 8. The predicted molar refractivity (Wildman–Crippen MR) is 47.4 cm³/mol. The van der Waals surface area contributed by atoms with E-state index in [0.717, 1.165) is 0 Å². The number of alkyl halides is 3. The Balaban J connectivity index is 3.65. The molecule has 15 heavy (non-hydrogen) atoms. The molecule has 0 aromatic heterocycles. The minimum atomic E-state index is -4.59. The van der Waals surface area contributed by atoms with Crippen molar-refractivity contribution >= 4 is 0 Å². The van der Waals surface area contributed by atoms with Gasteiger partial charge >= 0.3 is 6.36 Å². The summed E-state index contributed by atoms with van der Waals surface area (Å²) in [6.45, 7) is 0.765. The molecule has 0 atom stereocenters. The van der Waals surface area contributed by atoms with Crippen molar-refractivity contribution in [2.45, 2.75) is 6.36 Å². The monoisotopic (exact) mass is 231 g/mol. The smallest absolute Gasteiger partial charge is 0.395 e. The molecular formula is C8H16F3NO3. The number of methoxy groups -OCH3 is 1. The highest BCUT2D eigenvalue weighted by Gasteiger charge is 2.28. The van der Waals surface area contributed by atoms with Crippen LogP contribution < -0.4 is 0 Å². The molecule has 0 aromatic rings. The van der Waals surface area contributed by atoms with Gasteiger partial charge in [-0.3, -0.25) is 9.64 Å². The van der Waals surface area contributed by atoms with E-state index in [9.17, 15) is 13.2 Å². The molecule has 0 aliphatic heterocycles. The number of hydrogen-bond donors (Lipinski definition) is 1. The average molecular weight is 231 g/mol. The van der Waals surface area contributed by atoms with E-state index >= 15 is 0 Å². The van der Waals surface area contributed by atoms with Gasteiger partial charge in [-0.2, -0.15) is 0 Å².